The molecule has 3 amide bonds. The van der Waals surface area contributed by atoms with Gasteiger partial charge in [0.05, 0.1) is 0 Å². The molecule has 0 radical (unpaired) electrons. The minimum absolute atomic E-state index is 0.178. The molecular formula is C10H17ClN2O2. The summed E-state index contributed by atoms with van der Waals surface area (Å²) >= 11 is 5.36. The third kappa shape index (κ3) is 5.02. The van der Waals surface area contributed by atoms with Gasteiger partial charge in [0.15, 0.2) is 0 Å². The fourth-order valence-electron chi connectivity index (χ4n) is 1.49. The summed E-state index contributed by atoms with van der Waals surface area (Å²) in [5.41, 5.74) is 0. The maximum atomic E-state index is 11.1. The molecule has 0 aromatic heterocycles. The number of imide groups is 1. The van der Waals surface area contributed by atoms with Gasteiger partial charge < -0.3 is 5.32 Å². The van der Waals surface area contributed by atoms with E-state index in [0.717, 1.165) is 12.3 Å². The molecule has 0 aromatic rings. The zero-order valence-corrected chi connectivity index (χ0v) is 9.48. The molecule has 1 aliphatic rings. The Bertz CT molecular complexity index is 229. The molecule has 0 aliphatic heterocycles. The first-order chi connectivity index (χ1) is 7.22. The summed E-state index contributed by atoms with van der Waals surface area (Å²) in [6.45, 7) is 0.644. The molecule has 1 rings (SSSR count). The molecule has 0 bridgehead atoms. The fraction of sp³-hybridized carbons (Fsp3) is 0.800. The molecule has 0 unspecified atom stereocenters. The number of halogens is 1. The van der Waals surface area contributed by atoms with Gasteiger partial charge in [0.2, 0.25) is 5.91 Å². The summed E-state index contributed by atoms with van der Waals surface area (Å²) in [7, 11) is 0. The van der Waals surface area contributed by atoms with Gasteiger partial charge in [-0.1, -0.05) is 19.3 Å². The van der Waals surface area contributed by atoms with E-state index in [9.17, 15) is 9.59 Å². The lowest BCUT2D eigenvalue weighted by atomic mass is 9.83. The van der Waals surface area contributed by atoms with Crippen LogP contribution in [0.1, 0.15) is 32.1 Å². The van der Waals surface area contributed by atoms with Crippen molar-refractivity contribution in [3.8, 4) is 0 Å². The lowest BCUT2D eigenvalue weighted by Gasteiger charge is -2.25. The third-order valence-corrected chi connectivity index (χ3v) is 2.83. The van der Waals surface area contributed by atoms with Gasteiger partial charge in [-0.2, -0.15) is 0 Å². The van der Waals surface area contributed by atoms with Crippen LogP contribution in [0.2, 0.25) is 0 Å². The highest BCUT2D eigenvalue weighted by atomic mass is 35.5. The molecule has 1 fully saturated rings. The van der Waals surface area contributed by atoms with E-state index in [1.807, 2.05) is 0 Å². The lowest BCUT2D eigenvalue weighted by Crippen LogP contribution is -2.40. The van der Waals surface area contributed by atoms with Crippen LogP contribution in [0.15, 0.2) is 0 Å². The Morgan fingerprint density at radius 2 is 2.07 bits per heavy atom. The highest BCUT2D eigenvalue weighted by Crippen LogP contribution is 2.28. The van der Waals surface area contributed by atoms with Gasteiger partial charge in [-0.25, -0.2) is 4.79 Å². The van der Waals surface area contributed by atoms with Crippen molar-refractivity contribution in [2.24, 2.45) is 5.92 Å². The molecule has 4 nitrogen and oxygen atoms in total. The monoisotopic (exact) mass is 232 g/mol. The first-order valence-corrected chi connectivity index (χ1v) is 5.89. The Morgan fingerprint density at radius 3 is 2.60 bits per heavy atom. The zero-order chi connectivity index (χ0) is 11.1. The Balaban J connectivity index is 1.99. The van der Waals surface area contributed by atoms with Crippen LogP contribution in [0.5, 0.6) is 0 Å². The van der Waals surface area contributed by atoms with Gasteiger partial charge >= 0.3 is 6.03 Å². The highest BCUT2D eigenvalue weighted by molar-refractivity contribution is 6.19. The van der Waals surface area contributed by atoms with Gasteiger partial charge in [0.25, 0.3) is 0 Å². The van der Waals surface area contributed by atoms with Crippen LogP contribution >= 0.6 is 11.6 Å². The van der Waals surface area contributed by atoms with E-state index in [1.165, 1.54) is 19.3 Å². The predicted molar refractivity (Wildman–Crippen MR) is 58.8 cm³/mol. The topological polar surface area (TPSA) is 58.2 Å². The van der Waals surface area contributed by atoms with Gasteiger partial charge in [-0.05, 0) is 12.3 Å². The molecule has 5 heteroatoms. The largest absolute Gasteiger partial charge is 0.338 e. The quantitative estimate of drug-likeness (QED) is 0.708. The average Bonchev–Trinajstić information content (AvgIpc) is 2.09. The van der Waals surface area contributed by atoms with Gasteiger partial charge in [0.1, 0.15) is 0 Å². The van der Waals surface area contributed by atoms with Crippen molar-refractivity contribution < 1.29 is 9.59 Å². The second-order valence-corrected chi connectivity index (χ2v) is 4.21. The molecule has 0 saturated heterocycles. The number of carbonyl (C=O) groups is 2. The third-order valence-electron chi connectivity index (χ3n) is 2.64. The minimum atomic E-state index is -0.413. The van der Waals surface area contributed by atoms with Crippen molar-refractivity contribution in [2.75, 3.05) is 12.4 Å². The van der Waals surface area contributed by atoms with E-state index in [0.29, 0.717) is 6.54 Å². The Labute approximate surface area is 94.7 Å². The Kier molecular flexibility index (Phi) is 5.47. The molecule has 1 aliphatic carbocycles. The van der Waals surface area contributed by atoms with Crippen LogP contribution in [0.25, 0.3) is 0 Å². The number of rotatable bonds is 5. The number of nitrogens with one attached hydrogen (secondary N) is 2. The summed E-state index contributed by atoms with van der Waals surface area (Å²) in [6.07, 6.45) is 5.04. The Hall–Kier alpha value is -0.770. The van der Waals surface area contributed by atoms with Crippen LogP contribution in [-0.2, 0) is 4.79 Å². The minimum Gasteiger partial charge on any atom is -0.338 e. The summed E-state index contributed by atoms with van der Waals surface area (Å²) in [6, 6.07) is -0.413. The number of carbonyl (C=O) groups excluding carboxylic acids is 2. The fourth-order valence-corrected chi connectivity index (χ4v) is 1.66. The van der Waals surface area contributed by atoms with Crippen molar-refractivity contribution in [3.63, 3.8) is 0 Å². The first kappa shape index (κ1) is 12.3. The van der Waals surface area contributed by atoms with Crippen LogP contribution in [-0.4, -0.2) is 24.4 Å². The number of alkyl halides is 1. The smallest absolute Gasteiger partial charge is 0.321 e. The summed E-state index contributed by atoms with van der Waals surface area (Å²) in [5.74, 6) is 0.677. The van der Waals surface area contributed by atoms with E-state index in [4.69, 9.17) is 11.6 Å². The van der Waals surface area contributed by atoms with Gasteiger partial charge in [0, 0.05) is 18.8 Å². The highest BCUT2D eigenvalue weighted by Gasteiger charge is 2.16. The summed E-state index contributed by atoms with van der Waals surface area (Å²) in [4.78, 5) is 22.1. The molecule has 2 N–H and O–H groups in total. The zero-order valence-electron chi connectivity index (χ0n) is 8.72. The standard InChI is InChI=1S/C10H17ClN2O2/c11-6-4-9(14)13-10(15)12-7-5-8-2-1-3-8/h8H,1-7H2,(H2,12,13,14,15). The molecular weight excluding hydrogens is 216 g/mol. The van der Waals surface area contributed by atoms with Gasteiger partial charge in [-0.15, -0.1) is 11.6 Å². The average molecular weight is 233 g/mol. The molecule has 1 saturated carbocycles. The molecule has 0 aromatic carbocycles. The van der Waals surface area contributed by atoms with Crippen LogP contribution in [0.3, 0.4) is 0 Å². The van der Waals surface area contributed by atoms with Crippen molar-refractivity contribution >= 4 is 23.5 Å². The molecule has 0 spiro atoms. The van der Waals surface area contributed by atoms with E-state index >= 15 is 0 Å². The Morgan fingerprint density at radius 1 is 1.33 bits per heavy atom. The maximum absolute atomic E-state index is 11.1. The second kappa shape index (κ2) is 6.67. The molecule has 0 heterocycles. The van der Waals surface area contributed by atoms with Crippen LogP contribution in [0, 0.1) is 5.92 Å². The van der Waals surface area contributed by atoms with Crippen LogP contribution in [0.4, 0.5) is 4.79 Å². The van der Waals surface area contributed by atoms with Gasteiger partial charge in [-0.3, -0.25) is 10.1 Å². The van der Waals surface area contributed by atoms with Crippen molar-refractivity contribution in [1.29, 1.82) is 0 Å². The second-order valence-electron chi connectivity index (χ2n) is 3.83. The van der Waals surface area contributed by atoms with E-state index in [2.05, 4.69) is 10.6 Å². The van der Waals surface area contributed by atoms with E-state index in [1.54, 1.807) is 0 Å². The van der Waals surface area contributed by atoms with Crippen molar-refractivity contribution in [3.05, 3.63) is 0 Å². The number of amides is 3. The summed E-state index contributed by atoms with van der Waals surface area (Å²) < 4.78 is 0. The van der Waals surface area contributed by atoms with E-state index in [-0.39, 0.29) is 18.2 Å². The van der Waals surface area contributed by atoms with Crippen LogP contribution < -0.4 is 10.6 Å². The van der Waals surface area contributed by atoms with E-state index < -0.39 is 6.03 Å². The predicted octanol–water partition coefficient (Wildman–Crippen LogP) is 1.63. The van der Waals surface area contributed by atoms with Crippen molar-refractivity contribution in [2.45, 2.75) is 32.1 Å². The molecule has 86 valence electrons. The number of urea groups is 1. The summed E-state index contributed by atoms with van der Waals surface area (Å²) in [5, 5.41) is 4.87. The lowest BCUT2D eigenvalue weighted by molar-refractivity contribution is -0.119. The maximum Gasteiger partial charge on any atom is 0.321 e. The normalized spacial score (nSPS) is 15.5. The molecule has 0 atom stereocenters. The first-order valence-electron chi connectivity index (χ1n) is 5.36. The number of hydrogen-bond acceptors (Lipinski definition) is 2. The SMILES string of the molecule is O=C(CCCl)NC(=O)NCCC1CCC1. The van der Waals surface area contributed by atoms with Crippen molar-refractivity contribution in [1.82, 2.24) is 10.6 Å². The molecule has 15 heavy (non-hydrogen) atoms. The number of hydrogen-bond donors (Lipinski definition) is 2.